The van der Waals surface area contributed by atoms with Gasteiger partial charge in [0.15, 0.2) is 0 Å². The van der Waals surface area contributed by atoms with Crippen molar-refractivity contribution in [2.24, 2.45) is 28.0 Å². The van der Waals surface area contributed by atoms with Crippen LogP contribution in [-0.2, 0) is 0 Å². The van der Waals surface area contributed by atoms with Crippen LogP contribution in [0.5, 0.6) is 0 Å². The van der Waals surface area contributed by atoms with Gasteiger partial charge in [0.05, 0.1) is 11.7 Å². The molecule has 0 fully saturated rings. The van der Waals surface area contributed by atoms with E-state index in [1.54, 1.807) is 0 Å². The second kappa shape index (κ2) is 3.44. The standard InChI is InChI=1S/C13H22N2/c1-8(2)13(9(3)4)7-10-5-6-15-11(10)12(13)14/h6,8-9,12H,5,7,14H2,1-4H3/t12-/m1/s1. The molecule has 1 aliphatic heterocycles. The third kappa shape index (κ3) is 1.31. The van der Waals surface area contributed by atoms with Crippen molar-refractivity contribution in [3.8, 4) is 0 Å². The lowest BCUT2D eigenvalue weighted by Gasteiger charge is -2.42. The van der Waals surface area contributed by atoms with E-state index in [-0.39, 0.29) is 11.5 Å². The maximum atomic E-state index is 6.43. The molecule has 0 radical (unpaired) electrons. The highest BCUT2D eigenvalue weighted by molar-refractivity contribution is 5.69. The van der Waals surface area contributed by atoms with E-state index in [1.807, 2.05) is 6.21 Å². The molecule has 1 heterocycles. The lowest BCUT2D eigenvalue weighted by Crippen LogP contribution is -2.46. The Morgan fingerprint density at radius 2 is 1.93 bits per heavy atom. The van der Waals surface area contributed by atoms with Gasteiger partial charge in [-0.15, -0.1) is 0 Å². The Kier molecular flexibility index (Phi) is 2.50. The maximum absolute atomic E-state index is 6.43. The van der Waals surface area contributed by atoms with E-state index in [0.29, 0.717) is 11.8 Å². The molecular formula is C13H22N2. The van der Waals surface area contributed by atoms with Crippen LogP contribution in [0, 0.1) is 17.3 Å². The Morgan fingerprint density at radius 1 is 1.33 bits per heavy atom. The summed E-state index contributed by atoms with van der Waals surface area (Å²) in [4.78, 5) is 4.47. The molecule has 0 bridgehead atoms. The summed E-state index contributed by atoms with van der Waals surface area (Å²) in [6.45, 7) is 9.19. The highest BCUT2D eigenvalue weighted by Gasteiger charge is 2.50. The molecule has 2 aliphatic rings. The zero-order valence-electron chi connectivity index (χ0n) is 10.2. The van der Waals surface area contributed by atoms with Gasteiger partial charge in [-0.2, -0.15) is 0 Å². The Labute approximate surface area is 92.7 Å². The largest absolute Gasteiger partial charge is 0.322 e. The number of hydrogen-bond acceptors (Lipinski definition) is 2. The minimum Gasteiger partial charge on any atom is -0.322 e. The number of aliphatic imine (C=N–C) groups is 1. The minimum absolute atomic E-state index is 0.145. The van der Waals surface area contributed by atoms with Gasteiger partial charge in [0.1, 0.15) is 0 Å². The molecule has 0 unspecified atom stereocenters. The number of rotatable bonds is 2. The van der Waals surface area contributed by atoms with E-state index in [9.17, 15) is 0 Å². The molecule has 0 saturated heterocycles. The average Bonchev–Trinajstić information content (AvgIpc) is 2.67. The fourth-order valence-corrected chi connectivity index (χ4v) is 3.44. The Balaban J connectivity index is 2.36. The third-order valence-corrected chi connectivity index (χ3v) is 4.47. The Hall–Kier alpha value is -0.630. The van der Waals surface area contributed by atoms with Crippen molar-refractivity contribution in [3.63, 3.8) is 0 Å². The molecule has 1 atom stereocenters. The predicted octanol–water partition coefficient (Wildman–Crippen LogP) is 2.74. The monoisotopic (exact) mass is 206 g/mol. The summed E-state index contributed by atoms with van der Waals surface area (Å²) in [5.41, 5.74) is 9.35. The molecule has 0 spiro atoms. The topological polar surface area (TPSA) is 38.4 Å². The first-order valence-corrected chi connectivity index (χ1v) is 6.00. The summed E-state index contributed by atoms with van der Waals surface area (Å²) in [6.07, 6.45) is 4.19. The molecular weight excluding hydrogens is 184 g/mol. The van der Waals surface area contributed by atoms with Gasteiger partial charge < -0.3 is 5.73 Å². The van der Waals surface area contributed by atoms with Crippen LogP contribution in [-0.4, -0.2) is 12.3 Å². The lowest BCUT2D eigenvalue weighted by atomic mass is 9.64. The first-order chi connectivity index (χ1) is 7.00. The van der Waals surface area contributed by atoms with E-state index in [0.717, 1.165) is 12.8 Å². The van der Waals surface area contributed by atoms with Crippen molar-refractivity contribution in [1.82, 2.24) is 0 Å². The highest BCUT2D eigenvalue weighted by atomic mass is 14.9. The molecule has 2 rings (SSSR count). The van der Waals surface area contributed by atoms with Crippen LogP contribution in [0.3, 0.4) is 0 Å². The molecule has 0 aromatic heterocycles. The van der Waals surface area contributed by atoms with E-state index in [1.165, 1.54) is 11.3 Å². The first kappa shape index (κ1) is 10.9. The number of hydrogen-bond donors (Lipinski definition) is 1. The molecule has 84 valence electrons. The van der Waals surface area contributed by atoms with Crippen LogP contribution in [0.2, 0.25) is 0 Å². The van der Waals surface area contributed by atoms with Gasteiger partial charge >= 0.3 is 0 Å². The van der Waals surface area contributed by atoms with Crippen LogP contribution in [0.15, 0.2) is 16.3 Å². The third-order valence-electron chi connectivity index (χ3n) is 4.47. The van der Waals surface area contributed by atoms with E-state index < -0.39 is 0 Å². The van der Waals surface area contributed by atoms with Crippen LogP contribution < -0.4 is 5.73 Å². The molecule has 0 aromatic carbocycles. The number of allylic oxidation sites excluding steroid dienone is 1. The fraction of sp³-hybridized carbons (Fsp3) is 0.769. The van der Waals surface area contributed by atoms with Crippen molar-refractivity contribution in [1.29, 1.82) is 0 Å². The summed E-state index contributed by atoms with van der Waals surface area (Å²) in [5, 5.41) is 0. The van der Waals surface area contributed by atoms with E-state index in [2.05, 4.69) is 32.7 Å². The maximum Gasteiger partial charge on any atom is 0.0569 e. The fourth-order valence-electron chi connectivity index (χ4n) is 3.44. The molecule has 2 N–H and O–H groups in total. The molecule has 0 aromatic rings. The normalized spacial score (nSPS) is 28.3. The van der Waals surface area contributed by atoms with Crippen molar-refractivity contribution < 1.29 is 0 Å². The van der Waals surface area contributed by atoms with Crippen LogP contribution in [0.1, 0.15) is 40.5 Å². The summed E-state index contributed by atoms with van der Waals surface area (Å²) in [5.74, 6) is 1.24. The van der Waals surface area contributed by atoms with Crippen molar-refractivity contribution in [2.45, 2.75) is 46.6 Å². The van der Waals surface area contributed by atoms with Gasteiger partial charge in [-0.1, -0.05) is 27.7 Å². The van der Waals surface area contributed by atoms with Gasteiger partial charge in [-0.3, -0.25) is 4.99 Å². The first-order valence-electron chi connectivity index (χ1n) is 6.00. The molecule has 2 heteroatoms. The smallest absolute Gasteiger partial charge is 0.0569 e. The van der Waals surface area contributed by atoms with E-state index in [4.69, 9.17) is 5.73 Å². The highest BCUT2D eigenvalue weighted by Crippen LogP contribution is 2.53. The van der Waals surface area contributed by atoms with Gasteiger partial charge in [0.2, 0.25) is 0 Å². The van der Waals surface area contributed by atoms with Crippen molar-refractivity contribution in [3.05, 3.63) is 11.3 Å². The molecule has 0 saturated carbocycles. The molecule has 2 nitrogen and oxygen atoms in total. The van der Waals surface area contributed by atoms with Crippen LogP contribution in [0.25, 0.3) is 0 Å². The Bertz CT molecular complexity index is 315. The Morgan fingerprint density at radius 3 is 2.40 bits per heavy atom. The van der Waals surface area contributed by atoms with Crippen LogP contribution in [0.4, 0.5) is 0 Å². The molecule has 0 amide bonds. The number of nitrogens with two attached hydrogens (primary N) is 1. The second-order valence-electron chi connectivity index (χ2n) is 5.58. The summed E-state index contributed by atoms with van der Waals surface area (Å²) in [6, 6.07) is 0.145. The zero-order valence-corrected chi connectivity index (χ0v) is 10.2. The quantitative estimate of drug-likeness (QED) is 0.741. The van der Waals surface area contributed by atoms with Gasteiger partial charge in [-0.05, 0) is 29.2 Å². The summed E-state index contributed by atoms with van der Waals surface area (Å²) in [7, 11) is 0. The van der Waals surface area contributed by atoms with Crippen molar-refractivity contribution >= 4 is 6.21 Å². The number of nitrogens with zero attached hydrogens (tertiary/aromatic N) is 1. The average molecular weight is 206 g/mol. The summed E-state index contributed by atoms with van der Waals surface area (Å²) >= 11 is 0. The second-order valence-corrected chi connectivity index (χ2v) is 5.58. The minimum atomic E-state index is 0.145. The summed E-state index contributed by atoms with van der Waals surface area (Å²) < 4.78 is 0. The zero-order chi connectivity index (χ0) is 11.2. The molecule has 15 heavy (non-hydrogen) atoms. The predicted molar refractivity (Wildman–Crippen MR) is 64.8 cm³/mol. The molecule has 1 aliphatic carbocycles. The van der Waals surface area contributed by atoms with Crippen LogP contribution >= 0.6 is 0 Å². The van der Waals surface area contributed by atoms with Gasteiger partial charge in [0, 0.05) is 12.6 Å². The van der Waals surface area contributed by atoms with Gasteiger partial charge in [0.25, 0.3) is 0 Å². The van der Waals surface area contributed by atoms with Crippen molar-refractivity contribution in [2.75, 3.05) is 0 Å². The van der Waals surface area contributed by atoms with Gasteiger partial charge in [-0.25, -0.2) is 0 Å². The lowest BCUT2D eigenvalue weighted by molar-refractivity contribution is 0.102. The SMILES string of the molecule is CC(C)C1(C(C)C)CC2=C(N=CC2)[C@H]1N. The van der Waals surface area contributed by atoms with E-state index >= 15 is 0 Å².